The lowest BCUT2D eigenvalue weighted by atomic mass is 10.0. The standard InChI is InChI=1S/C30H35N5O4S.C2HF3O.2C2H6/c1-19(2)40(36,37)25-11-9-22(10-12-25)26-17-32-30(31)28(33-26)29-20(3)27(34-39-29)23-7-5-21(6-8-23)18-35(4)24-13-15-38-16-14-24;3-2(4,5)1-6;2*1-2/h5-12,17,19,24H,13-16,18H2,1-4H3,(H2,31,32);1H;2*1-2H3. The molecule has 10 nitrogen and oxygen atoms in total. The summed E-state index contributed by atoms with van der Waals surface area (Å²) in [7, 11) is -1.20. The zero-order valence-corrected chi connectivity index (χ0v) is 30.7. The molecule has 2 aromatic carbocycles. The molecular weight excluding hydrogens is 671 g/mol. The van der Waals surface area contributed by atoms with E-state index in [-0.39, 0.29) is 10.7 Å². The first-order valence-corrected chi connectivity index (χ1v) is 18.1. The Bertz CT molecular complexity index is 1740. The molecule has 0 spiro atoms. The van der Waals surface area contributed by atoms with Gasteiger partial charge in [0.25, 0.3) is 0 Å². The number of aromatic nitrogens is 3. The Kier molecular flexibility index (Phi) is 16.2. The fourth-order valence-electron chi connectivity index (χ4n) is 4.93. The summed E-state index contributed by atoms with van der Waals surface area (Å²) in [5.41, 5.74) is 11.6. The van der Waals surface area contributed by atoms with Gasteiger partial charge in [-0.15, -0.1) is 0 Å². The highest BCUT2D eigenvalue weighted by Gasteiger charge is 2.25. The molecule has 0 amide bonds. The Morgan fingerprint density at radius 3 is 2.02 bits per heavy atom. The predicted molar refractivity (Wildman–Crippen MR) is 190 cm³/mol. The normalized spacial score (nSPS) is 13.4. The summed E-state index contributed by atoms with van der Waals surface area (Å²) in [6, 6.07) is 15.5. The SMILES string of the molecule is CC.CC.Cc1c(-c2ccc(CN(C)C3CCOCC3)cc2)noc1-c1nc(-c2ccc(S(=O)(=O)C(C)C)cc2)cnc1N.O=CC(F)(F)F. The molecule has 50 heavy (non-hydrogen) atoms. The Hall–Kier alpha value is -4.14. The molecule has 0 saturated carbocycles. The molecule has 2 N–H and O–H groups in total. The van der Waals surface area contributed by atoms with Gasteiger partial charge < -0.3 is 15.0 Å². The van der Waals surface area contributed by atoms with Crippen molar-refractivity contribution in [3.63, 3.8) is 0 Å². The van der Waals surface area contributed by atoms with E-state index >= 15 is 0 Å². The van der Waals surface area contributed by atoms with Crippen LogP contribution in [0.4, 0.5) is 19.0 Å². The van der Waals surface area contributed by atoms with Crippen LogP contribution in [0.15, 0.2) is 64.1 Å². The van der Waals surface area contributed by atoms with E-state index in [9.17, 15) is 21.6 Å². The van der Waals surface area contributed by atoms with Crippen LogP contribution in [-0.4, -0.2) is 72.5 Å². The number of nitrogens with two attached hydrogens (primary N) is 1. The second-order valence-electron chi connectivity index (χ2n) is 11.2. The van der Waals surface area contributed by atoms with Gasteiger partial charge in [0.1, 0.15) is 5.69 Å². The van der Waals surface area contributed by atoms with Gasteiger partial charge >= 0.3 is 6.18 Å². The number of rotatable bonds is 8. The first-order valence-electron chi connectivity index (χ1n) is 16.5. The number of carbonyl (C=O) groups excluding carboxylic acids is 1. The van der Waals surface area contributed by atoms with E-state index in [4.69, 9.17) is 24.8 Å². The van der Waals surface area contributed by atoms with Crippen LogP contribution in [0.5, 0.6) is 0 Å². The lowest BCUT2D eigenvalue weighted by Gasteiger charge is -2.31. The van der Waals surface area contributed by atoms with Gasteiger partial charge in [0.05, 0.1) is 22.0 Å². The molecule has 14 heteroatoms. The highest BCUT2D eigenvalue weighted by atomic mass is 32.2. The van der Waals surface area contributed by atoms with Crippen LogP contribution in [0.25, 0.3) is 34.0 Å². The van der Waals surface area contributed by atoms with Gasteiger partial charge in [-0.1, -0.05) is 69.2 Å². The Balaban J connectivity index is 0.000000774. The van der Waals surface area contributed by atoms with Crippen molar-refractivity contribution in [2.45, 2.75) is 90.2 Å². The number of alkyl halides is 3. The maximum atomic E-state index is 12.5. The van der Waals surface area contributed by atoms with Crippen molar-refractivity contribution in [2.24, 2.45) is 0 Å². The number of halogens is 3. The number of nitrogens with zero attached hydrogens (tertiary/aromatic N) is 4. The van der Waals surface area contributed by atoms with Crippen LogP contribution in [0.2, 0.25) is 0 Å². The van der Waals surface area contributed by atoms with E-state index in [1.165, 1.54) is 5.56 Å². The van der Waals surface area contributed by atoms with Gasteiger partial charge in [0, 0.05) is 42.5 Å². The predicted octanol–water partition coefficient (Wildman–Crippen LogP) is 7.95. The van der Waals surface area contributed by atoms with E-state index in [1.807, 2.05) is 34.6 Å². The van der Waals surface area contributed by atoms with Crippen molar-refractivity contribution < 1.29 is 35.6 Å². The summed E-state index contributed by atoms with van der Waals surface area (Å²) in [5, 5.41) is 3.84. The van der Waals surface area contributed by atoms with Crippen LogP contribution in [-0.2, 0) is 25.9 Å². The zero-order valence-electron chi connectivity index (χ0n) is 29.9. The molecule has 2 aromatic heterocycles. The molecule has 0 unspecified atom stereocenters. The number of nitrogen functional groups attached to an aromatic ring is 1. The first-order chi connectivity index (χ1) is 23.7. The topological polar surface area (TPSA) is 142 Å². The molecule has 1 fully saturated rings. The molecular formula is C36H48F3N5O5S. The molecule has 1 saturated heterocycles. The van der Waals surface area contributed by atoms with Gasteiger partial charge in [0.15, 0.2) is 27.1 Å². The molecule has 3 heterocycles. The third-order valence-corrected chi connectivity index (χ3v) is 9.82. The molecule has 1 aliphatic rings. The molecule has 0 radical (unpaired) electrons. The molecule has 1 aliphatic heterocycles. The average molecular weight is 720 g/mol. The summed E-state index contributed by atoms with van der Waals surface area (Å²) in [5.74, 6) is 0.671. The van der Waals surface area contributed by atoms with Gasteiger partial charge in [-0.05, 0) is 58.4 Å². The highest BCUT2D eigenvalue weighted by Crippen LogP contribution is 2.34. The van der Waals surface area contributed by atoms with Crippen LogP contribution >= 0.6 is 0 Å². The lowest BCUT2D eigenvalue weighted by Crippen LogP contribution is -2.36. The number of benzene rings is 2. The van der Waals surface area contributed by atoms with Gasteiger partial charge in [0.2, 0.25) is 6.29 Å². The zero-order chi connectivity index (χ0) is 37.6. The Morgan fingerprint density at radius 1 is 0.960 bits per heavy atom. The minimum absolute atomic E-state index is 0.222. The highest BCUT2D eigenvalue weighted by molar-refractivity contribution is 7.92. The molecule has 4 aromatic rings. The minimum Gasteiger partial charge on any atom is -0.382 e. The fraction of sp³-hybridized carbons (Fsp3) is 0.444. The minimum atomic E-state index is -4.64. The number of carbonyl (C=O) groups is 1. The number of sulfone groups is 1. The van der Waals surface area contributed by atoms with Crippen molar-refractivity contribution in [1.29, 1.82) is 0 Å². The second kappa shape index (κ2) is 19.3. The number of aldehydes is 1. The molecule has 0 aliphatic carbocycles. The van der Waals surface area contributed by atoms with Gasteiger partial charge in [-0.3, -0.25) is 9.69 Å². The summed E-state index contributed by atoms with van der Waals surface area (Å²) in [4.78, 5) is 20.4. The Labute approximate surface area is 293 Å². The number of hydrogen-bond acceptors (Lipinski definition) is 10. The summed E-state index contributed by atoms with van der Waals surface area (Å²) in [6.45, 7) is 15.8. The fourth-order valence-corrected chi connectivity index (χ4v) is 5.99. The molecule has 0 atom stereocenters. The molecule has 5 rings (SSSR count). The smallest absolute Gasteiger partial charge is 0.382 e. The average Bonchev–Trinajstić information content (AvgIpc) is 3.51. The van der Waals surface area contributed by atoms with Gasteiger partial charge in [-0.2, -0.15) is 13.2 Å². The molecule has 274 valence electrons. The second-order valence-corrected chi connectivity index (χ2v) is 13.7. The van der Waals surface area contributed by atoms with E-state index in [2.05, 4.69) is 46.4 Å². The monoisotopic (exact) mass is 719 g/mol. The number of ether oxygens (including phenoxy) is 1. The largest absolute Gasteiger partial charge is 0.446 e. The number of hydrogen-bond donors (Lipinski definition) is 1. The Morgan fingerprint density at radius 2 is 1.50 bits per heavy atom. The number of anilines is 1. The van der Waals surface area contributed by atoms with E-state index in [0.717, 1.165) is 49.3 Å². The van der Waals surface area contributed by atoms with E-state index < -0.39 is 27.5 Å². The third-order valence-electron chi connectivity index (χ3n) is 7.65. The van der Waals surface area contributed by atoms with Crippen LogP contribution in [0.3, 0.4) is 0 Å². The summed E-state index contributed by atoms with van der Waals surface area (Å²) < 4.78 is 67.4. The summed E-state index contributed by atoms with van der Waals surface area (Å²) in [6.07, 6.45) is -2.01. The van der Waals surface area contributed by atoms with Crippen molar-refractivity contribution in [1.82, 2.24) is 20.0 Å². The van der Waals surface area contributed by atoms with Gasteiger partial charge in [-0.25, -0.2) is 18.4 Å². The lowest BCUT2D eigenvalue weighted by molar-refractivity contribution is -0.156. The van der Waals surface area contributed by atoms with Crippen LogP contribution in [0, 0.1) is 6.92 Å². The molecule has 0 bridgehead atoms. The van der Waals surface area contributed by atoms with Crippen molar-refractivity contribution in [2.75, 3.05) is 26.0 Å². The van der Waals surface area contributed by atoms with Crippen LogP contribution < -0.4 is 5.73 Å². The van der Waals surface area contributed by atoms with E-state index in [1.54, 1.807) is 44.3 Å². The maximum Gasteiger partial charge on any atom is 0.446 e. The van der Waals surface area contributed by atoms with Crippen LogP contribution in [0.1, 0.15) is 65.5 Å². The quantitative estimate of drug-likeness (QED) is 0.178. The first kappa shape index (κ1) is 42.0. The van der Waals surface area contributed by atoms with Crippen molar-refractivity contribution in [3.05, 3.63) is 65.9 Å². The van der Waals surface area contributed by atoms with E-state index in [0.29, 0.717) is 28.9 Å². The van der Waals surface area contributed by atoms with Crippen molar-refractivity contribution in [3.8, 4) is 34.0 Å². The van der Waals surface area contributed by atoms with Crippen molar-refractivity contribution >= 4 is 21.9 Å². The maximum absolute atomic E-state index is 12.5. The third kappa shape index (κ3) is 11.2. The summed E-state index contributed by atoms with van der Waals surface area (Å²) >= 11 is 0.